The summed E-state index contributed by atoms with van der Waals surface area (Å²) in [6, 6.07) is 4.42. The van der Waals surface area contributed by atoms with Gasteiger partial charge >= 0.3 is 0 Å². The van der Waals surface area contributed by atoms with E-state index >= 15 is 0 Å². The largest absolute Gasteiger partial charge is 0.487 e. The number of benzene rings is 1. The van der Waals surface area contributed by atoms with Crippen molar-refractivity contribution in [3.63, 3.8) is 0 Å². The highest BCUT2D eigenvalue weighted by atomic mass is 79.9. The maximum absolute atomic E-state index is 13.2. The standard InChI is InChI=1S/C12H12BrFN4OS/c13-9-2-1-7(14)5-10(9)19-8-3-4-18(6-8)12-17-16-11(15)20-12/h1-2,5,8H,3-4,6H2,(H2,15,16). The Morgan fingerprint density at radius 3 is 3.05 bits per heavy atom. The first-order chi connectivity index (χ1) is 9.61. The fourth-order valence-corrected chi connectivity index (χ4v) is 3.08. The number of anilines is 2. The minimum Gasteiger partial charge on any atom is -0.487 e. The lowest BCUT2D eigenvalue weighted by molar-refractivity contribution is 0.222. The van der Waals surface area contributed by atoms with Gasteiger partial charge in [0.15, 0.2) is 0 Å². The van der Waals surface area contributed by atoms with Crippen LogP contribution in [0.2, 0.25) is 0 Å². The van der Waals surface area contributed by atoms with Gasteiger partial charge in [-0.2, -0.15) is 0 Å². The van der Waals surface area contributed by atoms with Crippen molar-refractivity contribution < 1.29 is 9.13 Å². The second-order valence-electron chi connectivity index (χ2n) is 4.47. The molecule has 3 rings (SSSR count). The van der Waals surface area contributed by atoms with Gasteiger partial charge in [0.1, 0.15) is 17.7 Å². The van der Waals surface area contributed by atoms with E-state index in [1.54, 1.807) is 6.07 Å². The van der Waals surface area contributed by atoms with Gasteiger partial charge in [0, 0.05) is 19.0 Å². The van der Waals surface area contributed by atoms with Crippen molar-refractivity contribution >= 4 is 37.5 Å². The number of rotatable bonds is 3. The Hall–Kier alpha value is -1.41. The van der Waals surface area contributed by atoms with Gasteiger partial charge in [0.25, 0.3) is 0 Å². The van der Waals surface area contributed by atoms with Crippen molar-refractivity contribution in [3.05, 3.63) is 28.5 Å². The van der Waals surface area contributed by atoms with Crippen LogP contribution in [0.1, 0.15) is 6.42 Å². The molecule has 0 amide bonds. The Labute approximate surface area is 127 Å². The molecule has 1 atom stereocenters. The van der Waals surface area contributed by atoms with E-state index in [-0.39, 0.29) is 11.9 Å². The van der Waals surface area contributed by atoms with E-state index in [4.69, 9.17) is 10.5 Å². The molecule has 1 aromatic carbocycles. The predicted molar refractivity (Wildman–Crippen MR) is 79.7 cm³/mol. The number of nitrogens with zero attached hydrogens (tertiary/aromatic N) is 3. The van der Waals surface area contributed by atoms with Crippen molar-refractivity contribution in [2.24, 2.45) is 0 Å². The molecule has 5 nitrogen and oxygen atoms in total. The summed E-state index contributed by atoms with van der Waals surface area (Å²) in [5.41, 5.74) is 5.58. The molecular weight excluding hydrogens is 347 g/mol. The van der Waals surface area contributed by atoms with Crippen LogP contribution < -0.4 is 15.4 Å². The van der Waals surface area contributed by atoms with Crippen molar-refractivity contribution in [2.75, 3.05) is 23.7 Å². The van der Waals surface area contributed by atoms with Crippen molar-refractivity contribution in [3.8, 4) is 5.75 Å². The normalized spacial score (nSPS) is 18.5. The molecule has 1 saturated heterocycles. The SMILES string of the molecule is Nc1nnc(N2CCC(Oc3cc(F)ccc3Br)C2)s1. The van der Waals surface area contributed by atoms with Crippen LogP contribution in [0.3, 0.4) is 0 Å². The molecule has 2 aromatic rings. The molecule has 1 fully saturated rings. The lowest BCUT2D eigenvalue weighted by Gasteiger charge is -2.16. The van der Waals surface area contributed by atoms with E-state index in [1.807, 2.05) is 0 Å². The number of nitrogens with two attached hydrogens (primary N) is 1. The summed E-state index contributed by atoms with van der Waals surface area (Å²) in [5, 5.41) is 9.07. The van der Waals surface area contributed by atoms with E-state index in [0.717, 1.165) is 22.6 Å². The number of hydrogen-bond acceptors (Lipinski definition) is 6. The van der Waals surface area contributed by atoms with Gasteiger partial charge in [-0.1, -0.05) is 11.3 Å². The quantitative estimate of drug-likeness (QED) is 0.913. The molecule has 0 bridgehead atoms. The minimum absolute atomic E-state index is 0.00164. The Bertz CT molecular complexity index is 623. The van der Waals surface area contributed by atoms with Crippen LogP contribution in [0.5, 0.6) is 5.75 Å². The second kappa shape index (κ2) is 5.53. The molecule has 0 saturated carbocycles. The first kappa shape index (κ1) is 13.6. The third-order valence-electron chi connectivity index (χ3n) is 3.03. The highest BCUT2D eigenvalue weighted by molar-refractivity contribution is 9.10. The molecule has 2 N–H and O–H groups in total. The topological polar surface area (TPSA) is 64.3 Å². The Balaban J connectivity index is 1.67. The van der Waals surface area contributed by atoms with Crippen molar-refractivity contribution in [1.29, 1.82) is 0 Å². The molecule has 2 heterocycles. The Morgan fingerprint density at radius 2 is 2.30 bits per heavy atom. The zero-order valence-electron chi connectivity index (χ0n) is 10.4. The number of nitrogen functional groups attached to an aromatic ring is 1. The summed E-state index contributed by atoms with van der Waals surface area (Å²) >= 11 is 4.71. The fraction of sp³-hybridized carbons (Fsp3) is 0.333. The molecule has 1 unspecified atom stereocenters. The highest BCUT2D eigenvalue weighted by Gasteiger charge is 2.27. The smallest absolute Gasteiger partial charge is 0.210 e. The summed E-state index contributed by atoms with van der Waals surface area (Å²) in [7, 11) is 0. The molecule has 0 aliphatic carbocycles. The highest BCUT2D eigenvalue weighted by Crippen LogP contribution is 2.30. The zero-order valence-corrected chi connectivity index (χ0v) is 12.8. The maximum atomic E-state index is 13.2. The van der Waals surface area contributed by atoms with Crippen LogP contribution in [-0.4, -0.2) is 29.4 Å². The number of halogens is 2. The lowest BCUT2D eigenvalue weighted by Crippen LogP contribution is -2.24. The summed E-state index contributed by atoms with van der Waals surface area (Å²) in [4.78, 5) is 2.08. The van der Waals surface area contributed by atoms with Gasteiger partial charge in [-0.3, -0.25) is 0 Å². The van der Waals surface area contributed by atoms with Crippen LogP contribution in [0, 0.1) is 5.82 Å². The average Bonchev–Trinajstić information content (AvgIpc) is 3.03. The molecule has 106 valence electrons. The first-order valence-electron chi connectivity index (χ1n) is 6.07. The zero-order chi connectivity index (χ0) is 14.1. The molecule has 1 aromatic heterocycles. The van der Waals surface area contributed by atoms with Gasteiger partial charge in [-0.25, -0.2) is 4.39 Å². The van der Waals surface area contributed by atoms with Crippen LogP contribution in [0.15, 0.2) is 22.7 Å². The van der Waals surface area contributed by atoms with Gasteiger partial charge in [-0.05, 0) is 28.1 Å². The minimum atomic E-state index is -0.310. The first-order valence-corrected chi connectivity index (χ1v) is 7.68. The molecular formula is C12H12BrFN4OS. The van der Waals surface area contributed by atoms with Crippen LogP contribution in [0.25, 0.3) is 0 Å². The number of ether oxygens (including phenoxy) is 1. The summed E-state index contributed by atoms with van der Waals surface area (Å²) in [5.74, 6) is 0.212. The number of hydrogen-bond donors (Lipinski definition) is 1. The summed E-state index contributed by atoms with van der Waals surface area (Å²) < 4.78 is 19.8. The van der Waals surface area contributed by atoms with Gasteiger partial charge in [-0.15, -0.1) is 10.2 Å². The van der Waals surface area contributed by atoms with E-state index in [2.05, 4.69) is 31.0 Å². The number of aromatic nitrogens is 2. The third kappa shape index (κ3) is 2.85. The molecule has 0 radical (unpaired) electrons. The van der Waals surface area contributed by atoms with E-state index in [1.165, 1.54) is 23.5 Å². The van der Waals surface area contributed by atoms with Crippen LogP contribution in [0.4, 0.5) is 14.7 Å². The van der Waals surface area contributed by atoms with Gasteiger partial charge in [0.2, 0.25) is 10.3 Å². The summed E-state index contributed by atoms with van der Waals surface area (Å²) in [6.45, 7) is 1.52. The lowest BCUT2D eigenvalue weighted by atomic mass is 10.3. The van der Waals surface area contributed by atoms with Gasteiger partial charge < -0.3 is 15.4 Å². The van der Waals surface area contributed by atoms with E-state index in [0.29, 0.717) is 17.4 Å². The van der Waals surface area contributed by atoms with Crippen LogP contribution in [-0.2, 0) is 0 Å². The average molecular weight is 359 g/mol. The monoisotopic (exact) mass is 358 g/mol. The van der Waals surface area contributed by atoms with E-state index < -0.39 is 0 Å². The maximum Gasteiger partial charge on any atom is 0.210 e. The van der Waals surface area contributed by atoms with Gasteiger partial charge in [0.05, 0.1) is 11.0 Å². The molecule has 1 aliphatic heterocycles. The Kier molecular flexibility index (Phi) is 3.75. The second-order valence-corrected chi connectivity index (χ2v) is 6.31. The molecule has 20 heavy (non-hydrogen) atoms. The third-order valence-corrected chi connectivity index (χ3v) is 4.50. The van der Waals surface area contributed by atoms with Crippen molar-refractivity contribution in [1.82, 2.24) is 10.2 Å². The predicted octanol–water partition coefficient (Wildman–Crippen LogP) is 2.68. The molecule has 8 heteroatoms. The van der Waals surface area contributed by atoms with Crippen molar-refractivity contribution in [2.45, 2.75) is 12.5 Å². The molecule has 1 aliphatic rings. The van der Waals surface area contributed by atoms with E-state index in [9.17, 15) is 4.39 Å². The van der Waals surface area contributed by atoms with Crippen LogP contribution >= 0.6 is 27.3 Å². The molecule has 0 spiro atoms. The fourth-order valence-electron chi connectivity index (χ4n) is 2.10. The Morgan fingerprint density at radius 1 is 1.45 bits per heavy atom. The summed E-state index contributed by atoms with van der Waals surface area (Å²) in [6.07, 6.45) is 0.848.